The zero-order valence-electron chi connectivity index (χ0n) is 28.5. The molecule has 252 valence electrons. The van der Waals surface area contributed by atoms with Crippen LogP contribution in [0.5, 0.6) is 23.0 Å². The first-order chi connectivity index (χ1) is 24.6. The molecule has 51 heavy (non-hydrogen) atoms. The fourth-order valence-corrected chi connectivity index (χ4v) is 8.21. The Morgan fingerprint density at radius 2 is 1.43 bits per heavy atom. The Labute approximate surface area is 298 Å². The fraction of sp³-hybridized carbons (Fsp3) is 0.186. The molecule has 0 fully saturated rings. The van der Waals surface area contributed by atoms with E-state index < -0.39 is 12.2 Å². The molecule has 3 aliphatic rings. The summed E-state index contributed by atoms with van der Waals surface area (Å²) in [6.07, 6.45) is 4.33. The van der Waals surface area contributed by atoms with E-state index in [9.17, 15) is 20.4 Å². The fourth-order valence-electron chi connectivity index (χ4n) is 8.21. The Morgan fingerprint density at radius 1 is 0.765 bits per heavy atom. The van der Waals surface area contributed by atoms with E-state index in [-0.39, 0.29) is 40.4 Å². The lowest BCUT2D eigenvalue weighted by Crippen LogP contribution is -2.27. The van der Waals surface area contributed by atoms with Crippen LogP contribution in [-0.4, -0.2) is 34.1 Å². The monoisotopic (exact) mass is 671 g/mol. The van der Waals surface area contributed by atoms with Crippen molar-refractivity contribution in [1.82, 2.24) is 5.32 Å². The normalized spacial score (nSPS) is 15.9. The number of fused-ring (bicyclic) bond motifs is 5. The topological polar surface area (TPSA) is 131 Å². The number of phenolic OH excluding ortho intramolecular Hbond substituents is 4. The molecule has 0 heterocycles. The summed E-state index contributed by atoms with van der Waals surface area (Å²) in [5, 5.41) is 49.9. The molecule has 2 atom stereocenters. The molecule has 3 aliphatic carbocycles. The minimum Gasteiger partial charge on any atom is -0.508 e. The van der Waals surface area contributed by atoms with Crippen LogP contribution in [0, 0.1) is 6.92 Å². The molecule has 8 rings (SSSR count). The molecule has 0 aliphatic heterocycles. The molecule has 5 aromatic carbocycles. The van der Waals surface area contributed by atoms with E-state index in [1.54, 1.807) is 19.1 Å². The van der Waals surface area contributed by atoms with E-state index in [0.29, 0.717) is 44.8 Å². The number of nitrogens with zero attached hydrogens (tertiary/aromatic N) is 1. The zero-order chi connectivity index (χ0) is 35.6. The lowest BCUT2D eigenvalue weighted by molar-refractivity contribution is 0.420. The number of aromatic hydroxyl groups is 4. The van der Waals surface area contributed by atoms with Gasteiger partial charge in [-0.1, -0.05) is 91.0 Å². The number of nitrogens with two attached hydrogens (primary N) is 1. The molecule has 0 saturated heterocycles. The van der Waals surface area contributed by atoms with Gasteiger partial charge in [0.15, 0.2) is 0 Å². The summed E-state index contributed by atoms with van der Waals surface area (Å²) in [5.41, 5.74) is 17.3. The van der Waals surface area contributed by atoms with Gasteiger partial charge in [0.25, 0.3) is 0 Å². The molecule has 2 radical (unpaired) electrons. The molecule has 7 N–H and O–H groups in total. The van der Waals surface area contributed by atoms with Gasteiger partial charge in [0.05, 0.1) is 5.56 Å². The maximum atomic E-state index is 11.9. The van der Waals surface area contributed by atoms with Crippen molar-refractivity contribution in [3.05, 3.63) is 141 Å². The number of hydrogen-bond acceptors (Lipinski definition) is 6. The maximum absolute atomic E-state index is 11.9. The summed E-state index contributed by atoms with van der Waals surface area (Å²) in [7, 11) is 6.51. The van der Waals surface area contributed by atoms with E-state index in [2.05, 4.69) is 35.7 Å². The zero-order valence-corrected chi connectivity index (χ0v) is 28.5. The Bertz CT molecular complexity index is 2330. The van der Waals surface area contributed by atoms with Crippen molar-refractivity contribution in [3.8, 4) is 45.3 Å². The average Bonchev–Trinajstić information content (AvgIpc) is 3.73. The van der Waals surface area contributed by atoms with E-state index >= 15 is 0 Å². The highest BCUT2D eigenvalue weighted by molar-refractivity contribution is 6.39. The molecular weight excluding hydrogens is 633 g/mol. The van der Waals surface area contributed by atoms with Crippen molar-refractivity contribution in [3.63, 3.8) is 0 Å². The predicted octanol–water partition coefficient (Wildman–Crippen LogP) is 7.29. The van der Waals surface area contributed by atoms with Crippen molar-refractivity contribution in [2.75, 3.05) is 0 Å². The highest BCUT2D eigenvalue weighted by atomic mass is 16.3. The van der Waals surface area contributed by atoms with Gasteiger partial charge in [0.1, 0.15) is 42.8 Å². The van der Waals surface area contributed by atoms with Crippen molar-refractivity contribution in [1.29, 1.82) is 0 Å². The number of aliphatic imine (C=N–C) groups is 1. The lowest BCUT2D eigenvalue weighted by atomic mass is 9.81. The molecule has 8 heteroatoms. The number of phenols is 4. The number of allylic oxidation sites excluding steroid dienone is 3. The summed E-state index contributed by atoms with van der Waals surface area (Å²) in [5.74, 6) is -0.0514. The first kappa shape index (κ1) is 32.5. The molecule has 7 nitrogen and oxygen atoms in total. The summed E-state index contributed by atoms with van der Waals surface area (Å²) in [6.45, 7) is 3.65. The molecule has 2 unspecified atom stereocenters. The first-order valence-electron chi connectivity index (χ1n) is 17.3. The minimum atomic E-state index is -0.560. The highest BCUT2D eigenvalue weighted by Gasteiger charge is 2.36. The first-order valence-corrected chi connectivity index (χ1v) is 17.3. The number of benzene rings is 5. The van der Waals surface area contributed by atoms with Crippen LogP contribution in [0.1, 0.15) is 70.9 Å². The third-order valence-electron chi connectivity index (χ3n) is 10.7. The van der Waals surface area contributed by atoms with Crippen LogP contribution in [0.3, 0.4) is 0 Å². The smallest absolute Gasteiger partial charge is 0.131 e. The number of amidine groups is 1. The summed E-state index contributed by atoms with van der Waals surface area (Å²) in [6, 6.07) is 26.9. The maximum Gasteiger partial charge on any atom is 0.131 e. The molecule has 0 aromatic heterocycles. The van der Waals surface area contributed by atoms with Gasteiger partial charge in [-0.05, 0) is 88.7 Å². The van der Waals surface area contributed by atoms with E-state index in [1.165, 1.54) is 22.3 Å². The van der Waals surface area contributed by atoms with E-state index in [1.807, 2.05) is 55.5 Å². The van der Waals surface area contributed by atoms with Gasteiger partial charge in [-0.2, -0.15) is 0 Å². The van der Waals surface area contributed by atoms with Crippen LogP contribution in [0.25, 0.3) is 27.8 Å². The Balaban J connectivity index is 1.15. The van der Waals surface area contributed by atoms with Crippen molar-refractivity contribution < 1.29 is 20.4 Å². The van der Waals surface area contributed by atoms with Crippen molar-refractivity contribution in [2.24, 2.45) is 10.7 Å². The van der Waals surface area contributed by atoms with Crippen LogP contribution >= 0.6 is 0 Å². The summed E-state index contributed by atoms with van der Waals surface area (Å²) < 4.78 is 0. The van der Waals surface area contributed by atoms with Gasteiger partial charge < -0.3 is 26.2 Å². The Hall–Kier alpha value is -5.73. The van der Waals surface area contributed by atoms with Crippen LogP contribution in [0.4, 0.5) is 0 Å². The molecule has 0 spiro atoms. The molecule has 5 aromatic rings. The predicted molar refractivity (Wildman–Crippen MR) is 204 cm³/mol. The van der Waals surface area contributed by atoms with Crippen LogP contribution in [0.2, 0.25) is 0 Å². The second-order valence-corrected chi connectivity index (χ2v) is 13.7. The van der Waals surface area contributed by atoms with Gasteiger partial charge in [-0.15, -0.1) is 0 Å². The minimum absolute atomic E-state index is 0.0185. The van der Waals surface area contributed by atoms with Gasteiger partial charge >= 0.3 is 0 Å². The third kappa shape index (κ3) is 5.29. The van der Waals surface area contributed by atoms with Crippen LogP contribution < -0.4 is 16.5 Å². The van der Waals surface area contributed by atoms with E-state index in [4.69, 9.17) is 18.6 Å². The highest BCUT2D eigenvalue weighted by Crippen LogP contribution is 2.55. The summed E-state index contributed by atoms with van der Waals surface area (Å²) >= 11 is 0. The second kappa shape index (κ2) is 12.6. The van der Waals surface area contributed by atoms with Gasteiger partial charge in [-0.3, -0.25) is 5.32 Å². The summed E-state index contributed by atoms with van der Waals surface area (Å²) in [4.78, 5) is 5.03. The Morgan fingerprint density at radius 3 is 2.18 bits per heavy atom. The van der Waals surface area contributed by atoms with Crippen LogP contribution in [-0.2, 0) is 12.8 Å². The standard InChI is InChI=1S/C43H38BN3O4/c1-22-33(39(49)32-21-31-35(36(32)38(22)48)37(44)41(51)34(40(31)50)24-11-5-3-6-12-24)23(2)46-43(25-13-7-4-8-14-25)47-42(45)27-17-18-30-28(20-27)19-26-15-9-10-16-29(26)30/h3-16,20,23,43,46,48-51H,17-19,21H2,1-2H3,(H2,45,47). The van der Waals surface area contributed by atoms with Gasteiger partial charge in [0, 0.05) is 34.7 Å². The molecule has 0 amide bonds. The molecular formula is C43H38BN3O4. The SMILES string of the molecule is [B]c1c(O)c(-c2ccccc2)c(O)c2c1-c1c(O)c(C)c(C(C)NC(N=C(N)C3=CC4=C(CC3)c3ccccc3C4)c3ccccc3)c(O)c1C2. The van der Waals surface area contributed by atoms with Crippen LogP contribution in [0.15, 0.2) is 107 Å². The van der Waals surface area contributed by atoms with Crippen molar-refractivity contribution >= 4 is 24.7 Å². The number of rotatable bonds is 7. The second-order valence-electron chi connectivity index (χ2n) is 13.7. The largest absolute Gasteiger partial charge is 0.508 e. The molecule has 0 bridgehead atoms. The lowest BCUT2D eigenvalue weighted by Gasteiger charge is -2.26. The quantitative estimate of drug-likeness (QED) is 0.0458. The number of hydrogen-bond donors (Lipinski definition) is 6. The van der Waals surface area contributed by atoms with Crippen molar-refractivity contribution in [2.45, 2.75) is 51.7 Å². The molecule has 0 saturated carbocycles. The average molecular weight is 672 g/mol. The van der Waals surface area contributed by atoms with Gasteiger partial charge in [0.2, 0.25) is 0 Å². The van der Waals surface area contributed by atoms with Gasteiger partial charge in [-0.25, -0.2) is 4.99 Å². The van der Waals surface area contributed by atoms with E-state index in [0.717, 1.165) is 30.4 Å². The Kier molecular flexibility index (Phi) is 7.99. The number of nitrogens with one attached hydrogen (secondary N) is 1. The third-order valence-corrected chi connectivity index (χ3v) is 10.7.